The Labute approximate surface area is 180 Å². The lowest BCUT2D eigenvalue weighted by atomic mass is 10.0. The summed E-state index contributed by atoms with van der Waals surface area (Å²) >= 11 is 0. The zero-order valence-corrected chi connectivity index (χ0v) is 18.1. The highest BCUT2D eigenvalue weighted by molar-refractivity contribution is 6.23. The molecule has 10 nitrogen and oxygen atoms in total. The molecule has 0 aromatic heterocycles. The van der Waals surface area contributed by atoms with Crippen molar-refractivity contribution in [3.05, 3.63) is 57.6 Å². The van der Waals surface area contributed by atoms with E-state index in [-0.39, 0.29) is 6.29 Å². The van der Waals surface area contributed by atoms with Crippen LogP contribution in [0.3, 0.4) is 0 Å². The fourth-order valence-corrected chi connectivity index (χ4v) is 2.42. The topological polar surface area (TPSA) is 185 Å². The molecule has 2 rings (SSSR count). The first-order chi connectivity index (χ1) is 14.4. The summed E-state index contributed by atoms with van der Waals surface area (Å²) in [5.74, 6) is 8.25. The van der Waals surface area contributed by atoms with Crippen LogP contribution in [0.4, 0.5) is 11.4 Å². The molecule has 0 heterocycles. The maximum Gasteiger partial charge on any atom is 0.335 e. The first kappa shape index (κ1) is 27.2. The number of rotatable bonds is 5. The van der Waals surface area contributed by atoms with Gasteiger partial charge in [-0.1, -0.05) is 0 Å². The molecule has 8 N–H and O–H groups in total. The number of carbonyl (C=O) groups excluding carboxylic acids is 2. The van der Waals surface area contributed by atoms with Crippen LogP contribution in [0.25, 0.3) is 0 Å². The molecule has 0 radical (unpaired) electrons. The van der Waals surface area contributed by atoms with Gasteiger partial charge in [-0.15, -0.1) is 0 Å². The number of aldehydes is 1. The molecule has 0 bridgehead atoms. The van der Waals surface area contributed by atoms with E-state index in [4.69, 9.17) is 26.7 Å². The van der Waals surface area contributed by atoms with E-state index >= 15 is 0 Å². The van der Waals surface area contributed by atoms with Crippen molar-refractivity contribution in [2.75, 3.05) is 10.9 Å². The summed E-state index contributed by atoms with van der Waals surface area (Å²) in [7, 11) is 0. The quantitative estimate of drug-likeness (QED) is 0.177. The molecule has 0 amide bonds. The third kappa shape index (κ3) is 7.88. The van der Waals surface area contributed by atoms with Crippen molar-refractivity contribution in [3.8, 4) is 0 Å². The van der Waals surface area contributed by atoms with Gasteiger partial charge in [0.15, 0.2) is 12.1 Å². The van der Waals surface area contributed by atoms with Gasteiger partial charge in [0.2, 0.25) is 0 Å². The van der Waals surface area contributed by atoms with Gasteiger partial charge < -0.3 is 21.1 Å². The van der Waals surface area contributed by atoms with Crippen molar-refractivity contribution in [1.29, 1.82) is 0 Å². The number of ketones is 1. The maximum absolute atomic E-state index is 10.7. The Morgan fingerprint density at radius 1 is 0.742 bits per heavy atom. The number of carbonyl (C=O) groups is 4. The predicted molar refractivity (Wildman–Crippen MR) is 118 cm³/mol. The van der Waals surface area contributed by atoms with Gasteiger partial charge in [-0.2, -0.15) is 0 Å². The molecule has 168 valence electrons. The second-order valence-electron chi connectivity index (χ2n) is 6.45. The standard InChI is InChI=1S/2C9H12N2O2.C3H4O2/c2*1-5-6(2)8(11-10)4-3-7(5)9(12)13;1-3(5)2-4/h2*3-4,11H,10H2,1-2H3,(H,12,13);2H,1H3. The largest absolute Gasteiger partial charge is 0.478 e. The summed E-state index contributed by atoms with van der Waals surface area (Å²) in [6.07, 6.45) is 0.278. The van der Waals surface area contributed by atoms with Gasteiger partial charge in [0.05, 0.1) is 22.5 Å². The van der Waals surface area contributed by atoms with Crippen molar-refractivity contribution >= 4 is 35.4 Å². The Kier molecular flexibility index (Phi) is 11.2. The van der Waals surface area contributed by atoms with E-state index < -0.39 is 17.7 Å². The summed E-state index contributed by atoms with van der Waals surface area (Å²) < 4.78 is 0. The van der Waals surface area contributed by atoms with E-state index in [0.29, 0.717) is 11.1 Å². The van der Waals surface area contributed by atoms with E-state index in [2.05, 4.69) is 10.9 Å². The molecule has 0 aliphatic rings. The number of anilines is 2. The highest BCUT2D eigenvalue weighted by Crippen LogP contribution is 2.22. The summed E-state index contributed by atoms with van der Waals surface area (Å²) in [5.41, 5.74) is 10.4. The van der Waals surface area contributed by atoms with E-state index in [0.717, 1.165) is 33.6 Å². The van der Waals surface area contributed by atoms with Crippen molar-refractivity contribution in [2.24, 2.45) is 11.7 Å². The second-order valence-corrected chi connectivity index (χ2v) is 6.45. The van der Waals surface area contributed by atoms with E-state index in [9.17, 15) is 14.4 Å². The maximum atomic E-state index is 10.7. The van der Waals surface area contributed by atoms with Crippen LogP contribution in [0.2, 0.25) is 0 Å². The van der Waals surface area contributed by atoms with Crippen molar-refractivity contribution in [1.82, 2.24) is 0 Å². The first-order valence-corrected chi connectivity index (χ1v) is 8.98. The molecule has 2 aromatic carbocycles. The molecule has 2 aromatic rings. The molecular formula is C21H28N4O6. The third-order valence-corrected chi connectivity index (χ3v) is 4.51. The lowest BCUT2D eigenvalue weighted by molar-refractivity contribution is -0.128. The number of carboxylic acids is 2. The van der Waals surface area contributed by atoms with Crippen molar-refractivity contribution < 1.29 is 29.4 Å². The van der Waals surface area contributed by atoms with Crippen molar-refractivity contribution in [2.45, 2.75) is 34.6 Å². The van der Waals surface area contributed by atoms with Crippen LogP contribution in [-0.4, -0.2) is 34.2 Å². The first-order valence-electron chi connectivity index (χ1n) is 8.98. The molecule has 31 heavy (non-hydrogen) atoms. The Morgan fingerprint density at radius 3 is 1.23 bits per heavy atom. The van der Waals surface area contributed by atoms with Crippen LogP contribution in [0.5, 0.6) is 0 Å². The summed E-state index contributed by atoms with van der Waals surface area (Å²) in [4.78, 5) is 40.0. The molecule has 0 aliphatic heterocycles. The van der Waals surface area contributed by atoms with Gasteiger partial charge in [0.1, 0.15) is 0 Å². The van der Waals surface area contributed by atoms with Crippen LogP contribution < -0.4 is 22.5 Å². The molecule has 0 spiro atoms. The summed E-state index contributed by atoms with van der Waals surface area (Å²) in [5, 5.41) is 17.6. The number of nitrogens with one attached hydrogen (secondary N) is 2. The van der Waals surface area contributed by atoms with Crippen molar-refractivity contribution in [3.63, 3.8) is 0 Å². The van der Waals surface area contributed by atoms with Crippen LogP contribution in [0, 0.1) is 27.7 Å². The minimum absolute atomic E-state index is 0.278. The number of nitrogen functional groups attached to an aromatic ring is 2. The molecule has 0 unspecified atom stereocenters. The van der Waals surface area contributed by atoms with Gasteiger partial charge in [-0.3, -0.25) is 21.3 Å². The Morgan fingerprint density at radius 2 is 1.03 bits per heavy atom. The second kappa shape index (κ2) is 12.7. The Hall–Kier alpha value is -3.76. The molecule has 0 fully saturated rings. The normalized spacial score (nSPS) is 9.26. The number of carboxylic acid groups (broad SMARTS) is 2. The summed E-state index contributed by atoms with van der Waals surface area (Å²) in [6.45, 7) is 8.40. The fraction of sp³-hybridized carbons (Fsp3) is 0.238. The van der Waals surface area contributed by atoms with E-state index in [1.54, 1.807) is 38.1 Å². The molecule has 0 saturated carbocycles. The van der Waals surface area contributed by atoms with Gasteiger partial charge in [0, 0.05) is 6.92 Å². The van der Waals surface area contributed by atoms with Gasteiger partial charge >= 0.3 is 11.9 Å². The van der Waals surface area contributed by atoms with Crippen LogP contribution in [0.1, 0.15) is 49.9 Å². The number of hydrogen-bond donors (Lipinski definition) is 6. The zero-order chi connectivity index (χ0) is 24.3. The molecule has 0 atom stereocenters. The molecular weight excluding hydrogens is 404 g/mol. The van der Waals surface area contributed by atoms with Crippen LogP contribution in [-0.2, 0) is 9.59 Å². The Bertz CT molecular complexity index is 903. The number of benzene rings is 2. The van der Waals surface area contributed by atoms with Gasteiger partial charge in [-0.05, 0) is 74.2 Å². The third-order valence-electron chi connectivity index (χ3n) is 4.51. The van der Waals surface area contributed by atoms with Crippen LogP contribution in [0.15, 0.2) is 24.3 Å². The van der Waals surface area contributed by atoms with E-state index in [1.807, 2.05) is 13.8 Å². The van der Waals surface area contributed by atoms with E-state index in [1.165, 1.54) is 6.92 Å². The Balaban J connectivity index is 0.000000479. The zero-order valence-electron chi connectivity index (χ0n) is 18.1. The number of hydrazine groups is 2. The lowest BCUT2D eigenvalue weighted by Gasteiger charge is -2.09. The average molecular weight is 432 g/mol. The number of aromatic carboxylic acids is 2. The highest BCUT2D eigenvalue weighted by Gasteiger charge is 2.11. The van der Waals surface area contributed by atoms with Crippen LogP contribution >= 0.6 is 0 Å². The smallest absolute Gasteiger partial charge is 0.335 e. The van der Waals surface area contributed by atoms with Gasteiger partial charge in [0.25, 0.3) is 0 Å². The summed E-state index contributed by atoms with van der Waals surface area (Å²) in [6, 6.07) is 6.40. The average Bonchev–Trinajstić information content (AvgIpc) is 2.72. The molecule has 0 saturated heterocycles. The predicted octanol–water partition coefficient (Wildman–Crippen LogP) is 2.35. The minimum atomic E-state index is -0.913. The SMILES string of the molecule is CC(=O)C=O.Cc1c(NN)ccc(C(=O)O)c1C.Cc1c(NN)ccc(C(=O)O)c1C. The fourth-order valence-electron chi connectivity index (χ4n) is 2.42. The monoisotopic (exact) mass is 432 g/mol. The minimum Gasteiger partial charge on any atom is -0.478 e. The van der Waals surface area contributed by atoms with Gasteiger partial charge in [-0.25, -0.2) is 9.59 Å². The number of hydrogen-bond acceptors (Lipinski definition) is 8. The number of nitrogens with two attached hydrogens (primary N) is 2. The molecule has 0 aliphatic carbocycles. The molecule has 10 heteroatoms. The lowest BCUT2D eigenvalue weighted by Crippen LogP contribution is -2.10. The highest BCUT2D eigenvalue weighted by atomic mass is 16.4. The number of Topliss-reactive ketones (excluding diaryl/α,β-unsaturated/α-hetero) is 1.